The van der Waals surface area contributed by atoms with Gasteiger partial charge in [0.25, 0.3) is 5.78 Å². The van der Waals surface area contributed by atoms with E-state index in [9.17, 15) is 8.42 Å². The molecule has 0 saturated carbocycles. The first-order chi connectivity index (χ1) is 16.9. The number of aromatic nitrogens is 4. The van der Waals surface area contributed by atoms with Crippen molar-refractivity contribution >= 4 is 44.8 Å². The summed E-state index contributed by atoms with van der Waals surface area (Å²) in [4.78, 5) is 10.8. The molecule has 2 aromatic carbocycles. The molecule has 35 heavy (non-hydrogen) atoms. The zero-order valence-corrected chi connectivity index (χ0v) is 21.1. The lowest BCUT2D eigenvalue weighted by Crippen LogP contribution is -2.36. The third-order valence-electron chi connectivity index (χ3n) is 5.97. The van der Waals surface area contributed by atoms with Gasteiger partial charge in [-0.05, 0) is 36.2 Å². The van der Waals surface area contributed by atoms with Crippen LogP contribution in [-0.4, -0.2) is 65.6 Å². The fourth-order valence-electron chi connectivity index (χ4n) is 4.21. The fraction of sp³-hybridized carbons (Fsp3) is 0.261. The Morgan fingerprint density at radius 2 is 1.77 bits per heavy atom. The summed E-state index contributed by atoms with van der Waals surface area (Å²) in [6.45, 7) is 1.69. The van der Waals surface area contributed by atoms with Crippen molar-refractivity contribution in [2.75, 3.05) is 38.2 Å². The molecule has 1 aliphatic heterocycles. The van der Waals surface area contributed by atoms with Gasteiger partial charge in [0, 0.05) is 37.9 Å². The van der Waals surface area contributed by atoms with Gasteiger partial charge in [-0.15, -0.1) is 0 Å². The Bertz CT molecular complexity index is 1480. The molecule has 3 heterocycles. The van der Waals surface area contributed by atoms with Crippen molar-refractivity contribution in [3.63, 3.8) is 0 Å². The van der Waals surface area contributed by atoms with Crippen molar-refractivity contribution < 1.29 is 13.2 Å². The summed E-state index contributed by atoms with van der Waals surface area (Å²) in [5.41, 5.74) is 1.80. The zero-order valence-electron chi connectivity index (χ0n) is 18.8. The fourth-order valence-corrected chi connectivity index (χ4v) is 6.42. The highest BCUT2D eigenvalue weighted by Crippen LogP contribution is 2.34. The molecule has 5 rings (SSSR count). The molecule has 0 atom stereocenters. The van der Waals surface area contributed by atoms with E-state index in [4.69, 9.17) is 27.9 Å². The Morgan fingerprint density at radius 1 is 0.971 bits per heavy atom. The van der Waals surface area contributed by atoms with Crippen LogP contribution in [0.25, 0.3) is 16.9 Å². The van der Waals surface area contributed by atoms with Crippen LogP contribution in [0.3, 0.4) is 0 Å². The molecule has 9 nitrogen and oxygen atoms in total. The standard InChI is InChI=1S/C23H22Cl2N6O3S/c1-34-17-8-6-16(7-9-17)18-14-26-23-27-15-28-31(23)22(18)29-10-3-11-30(13-12-29)35(32,33)20-5-2-4-19(24)21(20)25/h2,4-9,14-15H,3,10-13H2,1H3. The summed E-state index contributed by atoms with van der Waals surface area (Å²) in [6, 6.07) is 12.3. The van der Waals surface area contributed by atoms with Crippen LogP contribution in [0.1, 0.15) is 6.42 Å². The first-order valence-electron chi connectivity index (χ1n) is 10.9. The van der Waals surface area contributed by atoms with E-state index in [0.29, 0.717) is 31.8 Å². The zero-order chi connectivity index (χ0) is 24.6. The first kappa shape index (κ1) is 23.8. The summed E-state index contributed by atoms with van der Waals surface area (Å²) >= 11 is 12.3. The Morgan fingerprint density at radius 3 is 2.54 bits per heavy atom. The van der Waals surface area contributed by atoms with Gasteiger partial charge in [0.2, 0.25) is 10.0 Å². The lowest BCUT2D eigenvalue weighted by atomic mass is 10.1. The average molecular weight is 533 g/mol. The van der Waals surface area contributed by atoms with Crippen LogP contribution in [0, 0.1) is 0 Å². The van der Waals surface area contributed by atoms with Crippen LogP contribution >= 0.6 is 23.2 Å². The van der Waals surface area contributed by atoms with Gasteiger partial charge in [0.1, 0.15) is 22.8 Å². The van der Waals surface area contributed by atoms with Gasteiger partial charge in [-0.1, -0.05) is 41.4 Å². The summed E-state index contributed by atoms with van der Waals surface area (Å²) in [5.74, 6) is 2.02. The number of anilines is 1. The highest BCUT2D eigenvalue weighted by molar-refractivity contribution is 7.89. The van der Waals surface area contributed by atoms with Gasteiger partial charge in [-0.2, -0.15) is 18.9 Å². The number of nitrogens with zero attached hydrogens (tertiary/aromatic N) is 6. The molecule has 0 N–H and O–H groups in total. The van der Waals surface area contributed by atoms with Crippen molar-refractivity contribution in [1.82, 2.24) is 23.9 Å². The SMILES string of the molecule is COc1ccc(-c2cnc3ncnn3c2N2CCCN(S(=O)(=O)c3cccc(Cl)c3Cl)CC2)cc1. The molecule has 0 spiro atoms. The molecule has 0 radical (unpaired) electrons. The second-order valence-electron chi connectivity index (χ2n) is 7.99. The lowest BCUT2D eigenvalue weighted by molar-refractivity contribution is 0.415. The topological polar surface area (TPSA) is 92.9 Å². The third kappa shape index (κ3) is 4.42. The molecule has 0 aliphatic carbocycles. The molecule has 0 amide bonds. The highest BCUT2D eigenvalue weighted by Gasteiger charge is 2.30. The van der Waals surface area contributed by atoms with Crippen LogP contribution in [0.2, 0.25) is 10.0 Å². The van der Waals surface area contributed by atoms with Crippen molar-refractivity contribution in [2.45, 2.75) is 11.3 Å². The second kappa shape index (κ2) is 9.62. The maximum atomic E-state index is 13.4. The number of halogens is 2. The molecule has 0 unspecified atom stereocenters. The van der Waals surface area contributed by atoms with Crippen LogP contribution in [0.5, 0.6) is 5.75 Å². The van der Waals surface area contributed by atoms with E-state index in [1.807, 2.05) is 24.3 Å². The van der Waals surface area contributed by atoms with Gasteiger partial charge in [-0.3, -0.25) is 0 Å². The van der Waals surface area contributed by atoms with Crippen molar-refractivity contribution in [3.05, 3.63) is 65.0 Å². The minimum atomic E-state index is -3.82. The molecule has 4 aromatic rings. The summed E-state index contributed by atoms with van der Waals surface area (Å²) in [6.07, 6.45) is 3.84. The third-order valence-corrected chi connectivity index (χ3v) is 8.84. The van der Waals surface area contributed by atoms with E-state index < -0.39 is 10.0 Å². The van der Waals surface area contributed by atoms with Gasteiger partial charge >= 0.3 is 0 Å². The number of fused-ring (bicyclic) bond motifs is 1. The van der Waals surface area contributed by atoms with E-state index in [1.165, 1.54) is 16.7 Å². The van der Waals surface area contributed by atoms with Crippen LogP contribution < -0.4 is 9.64 Å². The number of methoxy groups -OCH3 is 1. The van der Waals surface area contributed by atoms with Gasteiger partial charge in [0.15, 0.2) is 0 Å². The van der Waals surface area contributed by atoms with Gasteiger partial charge in [0.05, 0.1) is 17.2 Å². The second-order valence-corrected chi connectivity index (χ2v) is 10.7. The number of ether oxygens (including phenoxy) is 1. The van der Waals surface area contributed by atoms with E-state index >= 15 is 0 Å². The molecule has 2 aromatic heterocycles. The lowest BCUT2D eigenvalue weighted by Gasteiger charge is -2.26. The minimum absolute atomic E-state index is 0.0154. The summed E-state index contributed by atoms with van der Waals surface area (Å²) in [5, 5.41) is 4.64. The highest BCUT2D eigenvalue weighted by atomic mass is 35.5. The van der Waals surface area contributed by atoms with E-state index in [-0.39, 0.29) is 21.5 Å². The smallest absolute Gasteiger partial charge is 0.254 e. The van der Waals surface area contributed by atoms with Gasteiger partial charge < -0.3 is 9.64 Å². The molecule has 182 valence electrons. The summed E-state index contributed by atoms with van der Waals surface area (Å²) in [7, 11) is -2.19. The monoisotopic (exact) mass is 532 g/mol. The van der Waals surface area contributed by atoms with Crippen LogP contribution in [-0.2, 0) is 10.0 Å². The Hall–Kier alpha value is -2.92. The predicted molar refractivity (Wildman–Crippen MR) is 135 cm³/mol. The molecule has 0 bridgehead atoms. The van der Waals surface area contributed by atoms with Crippen LogP contribution in [0.4, 0.5) is 5.82 Å². The quantitative estimate of drug-likeness (QED) is 0.383. The van der Waals surface area contributed by atoms with Crippen molar-refractivity contribution in [3.8, 4) is 16.9 Å². The molecule has 1 aliphatic rings. The van der Waals surface area contributed by atoms with E-state index in [0.717, 1.165) is 22.7 Å². The number of benzene rings is 2. The molecule has 1 saturated heterocycles. The Balaban J connectivity index is 1.50. The molecule has 1 fully saturated rings. The molecular formula is C23H22Cl2N6O3S. The minimum Gasteiger partial charge on any atom is -0.497 e. The summed E-state index contributed by atoms with van der Waals surface area (Å²) < 4.78 is 35.2. The molecule has 12 heteroatoms. The average Bonchev–Trinajstić information content (AvgIpc) is 3.21. The number of rotatable bonds is 5. The Labute approximate surface area is 212 Å². The predicted octanol–water partition coefficient (Wildman–Crippen LogP) is 4.01. The van der Waals surface area contributed by atoms with Crippen molar-refractivity contribution in [2.24, 2.45) is 0 Å². The number of hydrogen-bond acceptors (Lipinski definition) is 7. The van der Waals surface area contributed by atoms with E-state index in [1.54, 1.807) is 30.0 Å². The van der Waals surface area contributed by atoms with Crippen LogP contribution in [0.15, 0.2) is 59.9 Å². The first-order valence-corrected chi connectivity index (χ1v) is 13.1. The normalized spacial score (nSPS) is 15.3. The number of sulfonamides is 1. The molecular weight excluding hydrogens is 511 g/mol. The van der Waals surface area contributed by atoms with Gasteiger partial charge in [-0.25, -0.2) is 13.4 Å². The van der Waals surface area contributed by atoms with E-state index in [2.05, 4.69) is 20.0 Å². The Kier molecular flexibility index (Phi) is 6.54. The largest absolute Gasteiger partial charge is 0.497 e. The maximum absolute atomic E-state index is 13.4. The number of hydrogen-bond donors (Lipinski definition) is 0. The maximum Gasteiger partial charge on any atom is 0.254 e. The van der Waals surface area contributed by atoms with Crippen molar-refractivity contribution in [1.29, 1.82) is 0 Å².